The van der Waals surface area contributed by atoms with E-state index in [1.165, 1.54) is 11.3 Å². The van der Waals surface area contributed by atoms with Gasteiger partial charge in [-0.05, 0) is 12.0 Å². The number of hydrogen-bond acceptors (Lipinski definition) is 4. The average Bonchev–Trinajstić information content (AvgIpc) is 2.62. The summed E-state index contributed by atoms with van der Waals surface area (Å²) in [7, 11) is 1.66. The molecule has 1 heterocycles. The average molecular weight is 245 g/mol. The van der Waals surface area contributed by atoms with Gasteiger partial charge in [-0.15, -0.1) is 24.0 Å². The lowest BCUT2D eigenvalue weighted by Gasteiger charge is -2.10. The van der Waals surface area contributed by atoms with Crippen molar-refractivity contribution in [2.75, 3.05) is 20.3 Å². The van der Waals surface area contributed by atoms with Crippen molar-refractivity contribution in [2.24, 2.45) is 5.92 Å². The molecule has 1 rings (SSSR count). The second kappa shape index (κ2) is 6.15. The molecule has 1 N–H and O–H groups in total. The first-order chi connectivity index (χ1) is 7.13. The predicted octanol–water partition coefficient (Wildman–Crippen LogP) is 2.05. The van der Waals surface area contributed by atoms with Gasteiger partial charge in [0.15, 0.2) is 0 Å². The maximum atomic E-state index is 11.6. The first-order valence-electron chi connectivity index (χ1n) is 4.68. The normalized spacial score (nSPS) is 12.5. The predicted molar refractivity (Wildman–Crippen MR) is 64.9 cm³/mol. The van der Waals surface area contributed by atoms with E-state index in [-0.39, 0.29) is 5.91 Å². The topological polar surface area (TPSA) is 38.3 Å². The quantitative estimate of drug-likeness (QED) is 0.779. The molecule has 0 fully saturated rings. The lowest BCUT2D eigenvalue weighted by atomic mass is 10.2. The highest BCUT2D eigenvalue weighted by Gasteiger charge is 2.09. The standard InChI is InChI=1S/C10H15NO2S2/c1-7(5-13-2)4-11-10(12)9-3-8(14)6-15-9/h3,6-7,14H,4-5H2,1-2H3,(H,11,12). The lowest BCUT2D eigenvalue weighted by Crippen LogP contribution is -2.29. The van der Waals surface area contributed by atoms with E-state index in [0.29, 0.717) is 23.9 Å². The number of ether oxygens (including phenoxy) is 1. The van der Waals surface area contributed by atoms with E-state index in [1.54, 1.807) is 13.2 Å². The second-order valence-electron chi connectivity index (χ2n) is 3.44. The number of carbonyl (C=O) groups excluding carboxylic acids is 1. The molecule has 1 atom stereocenters. The molecule has 1 unspecified atom stereocenters. The number of nitrogens with one attached hydrogen (secondary N) is 1. The number of carbonyl (C=O) groups is 1. The molecule has 3 nitrogen and oxygen atoms in total. The molecule has 0 radical (unpaired) electrons. The highest BCUT2D eigenvalue weighted by atomic mass is 32.1. The number of methoxy groups -OCH3 is 1. The van der Waals surface area contributed by atoms with Crippen molar-refractivity contribution < 1.29 is 9.53 Å². The van der Waals surface area contributed by atoms with Gasteiger partial charge in [0.05, 0.1) is 11.5 Å². The van der Waals surface area contributed by atoms with Gasteiger partial charge in [0, 0.05) is 23.9 Å². The van der Waals surface area contributed by atoms with E-state index < -0.39 is 0 Å². The Hall–Kier alpha value is -0.520. The first-order valence-corrected chi connectivity index (χ1v) is 6.00. The van der Waals surface area contributed by atoms with Crippen LogP contribution in [0.4, 0.5) is 0 Å². The van der Waals surface area contributed by atoms with E-state index in [2.05, 4.69) is 17.9 Å². The van der Waals surface area contributed by atoms with E-state index in [4.69, 9.17) is 4.74 Å². The van der Waals surface area contributed by atoms with Gasteiger partial charge in [0.1, 0.15) is 0 Å². The van der Waals surface area contributed by atoms with Gasteiger partial charge in [0.2, 0.25) is 0 Å². The Kier molecular flexibility index (Phi) is 5.14. The van der Waals surface area contributed by atoms with Crippen LogP contribution >= 0.6 is 24.0 Å². The molecule has 84 valence electrons. The zero-order valence-electron chi connectivity index (χ0n) is 8.82. The molecular weight excluding hydrogens is 230 g/mol. The number of thiol groups is 1. The first kappa shape index (κ1) is 12.5. The van der Waals surface area contributed by atoms with Gasteiger partial charge in [-0.1, -0.05) is 6.92 Å². The van der Waals surface area contributed by atoms with Crippen molar-refractivity contribution in [3.63, 3.8) is 0 Å². The van der Waals surface area contributed by atoms with Crippen LogP contribution in [0.2, 0.25) is 0 Å². The van der Waals surface area contributed by atoms with Crippen molar-refractivity contribution in [3.05, 3.63) is 16.3 Å². The Balaban J connectivity index is 2.36. The van der Waals surface area contributed by atoms with Gasteiger partial charge in [-0.3, -0.25) is 4.79 Å². The van der Waals surface area contributed by atoms with Crippen LogP contribution in [0.5, 0.6) is 0 Å². The van der Waals surface area contributed by atoms with E-state index >= 15 is 0 Å². The highest BCUT2D eigenvalue weighted by Crippen LogP contribution is 2.17. The van der Waals surface area contributed by atoms with Gasteiger partial charge in [-0.2, -0.15) is 0 Å². The summed E-state index contributed by atoms with van der Waals surface area (Å²) in [5.74, 6) is 0.289. The summed E-state index contributed by atoms with van der Waals surface area (Å²) in [6.45, 7) is 3.32. The smallest absolute Gasteiger partial charge is 0.261 e. The van der Waals surface area contributed by atoms with Gasteiger partial charge >= 0.3 is 0 Å². The minimum Gasteiger partial charge on any atom is -0.384 e. The van der Waals surface area contributed by atoms with Crippen molar-refractivity contribution in [3.8, 4) is 0 Å². The lowest BCUT2D eigenvalue weighted by molar-refractivity contribution is 0.0938. The highest BCUT2D eigenvalue weighted by molar-refractivity contribution is 7.80. The van der Waals surface area contributed by atoms with Crippen molar-refractivity contribution in [2.45, 2.75) is 11.8 Å². The molecule has 0 spiro atoms. The molecule has 0 saturated carbocycles. The number of rotatable bonds is 5. The Bertz CT molecular complexity index is 325. The third-order valence-electron chi connectivity index (χ3n) is 1.87. The van der Waals surface area contributed by atoms with Crippen LogP contribution < -0.4 is 5.32 Å². The fraction of sp³-hybridized carbons (Fsp3) is 0.500. The van der Waals surface area contributed by atoms with Crippen LogP contribution in [0.3, 0.4) is 0 Å². The van der Waals surface area contributed by atoms with Crippen LogP contribution in [0.1, 0.15) is 16.6 Å². The summed E-state index contributed by atoms with van der Waals surface area (Å²) in [6.07, 6.45) is 0. The Morgan fingerprint density at radius 3 is 3.00 bits per heavy atom. The zero-order chi connectivity index (χ0) is 11.3. The summed E-state index contributed by atoms with van der Waals surface area (Å²) in [4.78, 5) is 13.1. The summed E-state index contributed by atoms with van der Waals surface area (Å²) < 4.78 is 4.98. The Morgan fingerprint density at radius 1 is 1.73 bits per heavy atom. The molecule has 0 saturated heterocycles. The third-order valence-corrected chi connectivity index (χ3v) is 3.23. The summed E-state index contributed by atoms with van der Waals surface area (Å²) in [6, 6.07) is 1.77. The monoisotopic (exact) mass is 245 g/mol. The minimum absolute atomic E-state index is 0.0387. The zero-order valence-corrected chi connectivity index (χ0v) is 10.5. The largest absolute Gasteiger partial charge is 0.384 e. The molecule has 0 aliphatic rings. The molecule has 0 aliphatic heterocycles. The molecule has 1 aromatic heterocycles. The molecule has 15 heavy (non-hydrogen) atoms. The third kappa shape index (κ3) is 4.24. The molecule has 0 aliphatic carbocycles. The fourth-order valence-corrected chi connectivity index (χ4v) is 2.21. The van der Waals surface area contributed by atoms with Gasteiger partial charge < -0.3 is 10.1 Å². The summed E-state index contributed by atoms with van der Waals surface area (Å²) in [5, 5.41) is 4.70. The van der Waals surface area contributed by atoms with Crippen LogP contribution in [-0.4, -0.2) is 26.2 Å². The van der Waals surface area contributed by atoms with Crippen LogP contribution in [-0.2, 0) is 4.74 Å². The maximum Gasteiger partial charge on any atom is 0.261 e. The minimum atomic E-state index is -0.0387. The molecule has 0 bridgehead atoms. The van der Waals surface area contributed by atoms with E-state index in [0.717, 1.165) is 4.90 Å². The molecule has 1 amide bonds. The van der Waals surface area contributed by atoms with Crippen molar-refractivity contribution >= 4 is 29.9 Å². The summed E-state index contributed by atoms with van der Waals surface area (Å²) in [5.41, 5.74) is 0. The molecule has 0 aromatic carbocycles. The van der Waals surface area contributed by atoms with E-state index in [9.17, 15) is 4.79 Å². The van der Waals surface area contributed by atoms with Crippen LogP contribution in [0, 0.1) is 5.92 Å². The molecule has 1 aromatic rings. The van der Waals surface area contributed by atoms with E-state index in [1.807, 2.05) is 12.3 Å². The summed E-state index contributed by atoms with van der Waals surface area (Å²) >= 11 is 5.56. The van der Waals surface area contributed by atoms with Crippen LogP contribution in [0.15, 0.2) is 16.3 Å². The maximum absolute atomic E-state index is 11.6. The number of hydrogen-bond donors (Lipinski definition) is 2. The fourth-order valence-electron chi connectivity index (χ4n) is 1.14. The molecular formula is C10H15NO2S2. The molecule has 5 heteroatoms. The Morgan fingerprint density at radius 2 is 2.47 bits per heavy atom. The number of thiophene rings is 1. The Labute approximate surface area is 99.2 Å². The van der Waals surface area contributed by atoms with Crippen molar-refractivity contribution in [1.29, 1.82) is 0 Å². The second-order valence-corrected chi connectivity index (χ2v) is 4.87. The van der Waals surface area contributed by atoms with Crippen LogP contribution in [0.25, 0.3) is 0 Å². The number of amides is 1. The van der Waals surface area contributed by atoms with Gasteiger partial charge in [0.25, 0.3) is 5.91 Å². The SMILES string of the molecule is COCC(C)CNC(=O)c1cc(S)cs1. The van der Waals surface area contributed by atoms with Crippen molar-refractivity contribution in [1.82, 2.24) is 5.32 Å². The van der Waals surface area contributed by atoms with Gasteiger partial charge in [-0.25, -0.2) is 0 Å².